The lowest BCUT2D eigenvalue weighted by Crippen LogP contribution is -2.54. The lowest BCUT2D eigenvalue weighted by atomic mass is 9.96. The van der Waals surface area contributed by atoms with E-state index in [0.717, 1.165) is 6.42 Å². The lowest BCUT2D eigenvalue weighted by molar-refractivity contribution is -0.152. The summed E-state index contributed by atoms with van der Waals surface area (Å²) in [5.41, 5.74) is 2.27. The second kappa shape index (κ2) is 5.19. The van der Waals surface area contributed by atoms with Crippen molar-refractivity contribution in [2.75, 3.05) is 0 Å². The van der Waals surface area contributed by atoms with Crippen LogP contribution >= 0.6 is 0 Å². The molecule has 0 amide bonds. The van der Waals surface area contributed by atoms with Gasteiger partial charge in [0.25, 0.3) is 0 Å². The predicted octanol–water partition coefficient (Wildman–Crippen LogP) is 0.960. The molecule has 0 aliphatic heterocycles. The van der Waals surface area contributed by atoms with Crippen LogP contribution in [0.25, 0.3) is 0 Å². The molecule has 1 atom stereocenters. The Balaban J connectivity index is 4.25. The molecular formula is C9H20N2O2. The number of rotatable bonds is 5. The number of hydrazine groups is 1. The summed E-state index contributed by atoms with van der Waals surface area (Å²) in [6.07, 6.45) is 0.977. The fourth-order valence-electron chi connectivity index (χ4n) is 1.08. The molecule has 0 aliphatic rings. The molecule has 0 aliphatic carbocycles. The zero-order valence-electron chi connectivity index (χ0n) is 8.89. The Morgan fingerprint density at radius 1 is 1.54 bits per heavy atom. The van der Waals surface area contributed by atoms with Gasteiger partial charge < -0.3 is 4.74 Å². The number of hydrogen-bond donors (Lipinski definition) is 2. The zero-order valence-corrected chi connectivity index (χ0v) is 8.89. The summed E-state index contributed by atoms with van der Waals surface area (Å²) in [6.45, 7) is 7.55. The highest BCUT2D eigenvalue weighted by atomic mass is 16.5. The SMILES string of the molecule is CCC(=O)OC(CC)C(C)(C)NN. The van der Waals surface area contributed by atoms with E-state index >= 15 is 0 Å². The van der Waals surface area contributed by atoms with Crippen molar-refractivity contribution < 1.29 is 9.53 Å². The fraction of sp³-hybridized carbons (Fsp3) is 0.889. The largest absolute Gasteiger partial charge is 0.460 e. The molecular weight excluding hydrogens is 168 g/mol. The summed E-state index contributed by atoms with van der Waals surface area (Å²) in [4.78, 5) is 11.1. The van der Waals surface area contributed by atoms with E-state index in [0.29, 0.717) is 6.42 Å². The molecule has 0 aromatic carbocycles. The van der Waals surface area contributed by atoms with Gasteiger partial charge in [0, 0.05) is 6.42 Å². The first-order valence-electron chi connectivity index (χ1n) is 4.65. The maximum atomic E-state index is 11.1. The summed E-state index contributed by atoms with van der Waals surface area (Å²) in [6, 6.07) is 0. The first-order chi connectivity index (χ1) is 5.97. The molecule has 1 unspecified atom stereocenters. The normalized spacial score (nSPS) is 13.9. The van der Waals surface area contributed by atoms with Gasteiger partial charge in [0.1, 0.15) is 6.10 Å². The van der Waals surface area contributed by atoms with Gasteiger partial charge in [0.05, 0.1) is 5.54 Å². The average Bonchev–Trinajstić information content (AvgIpc) is 2.13. The number of carbonyl (C=O) groups is 1. The van der Waals surface area contributed by atoms with Crippen LogP contribution in [-0.2, 0) is 9.53 Å². The molecule has 0 fully saturated rings. The van der Waals surface area contributed by atoms with Crippen LogP contribution in [0.15, 0.2) is 0 Å². The minimum absolute atomic E-state index is 0.176. The highest BCUT2D eigenvalue weighted by Gasteiger charge is 2.29. The Morgan fingerprint density at radius 2 is 2.08 bits per heavy atom. The van der Waals surface area contributed by atoms with E-state index in [4.69, 9.17) is 10.6 Å². The van der Waals surface area contributed by atoms with Crippen molar-refractivity contribution in [1.29, 1.82) is 0 Å². The fourth-order valence-corrected chi connectivity index (χ4v) is 1.08. The van der Waals surface area contributed by atoms with Crippen LogP contribution in [0.4, 0.5) is 0 Å². The van der Waals surface area contributed by atoms with Crippen molar-refractivity contribution >= 4 is 5.97 Å². The number of esters is 1. The minimum atomic E-state index is -0.375. The van der Waals surface area contributed by atoms with Gasteiger partial charge in [-0.1, -0.05) is 13.8 Å². The Bertz CT molecular complexity index is 169. The van der Waals surface area contributed by atoms with Gasteiger partial charge in [-0.25, -0.2) is 0 Å². The van der Waals surface area contributed by atoms with Crippen LogP contribution in [-0.4, -0.2) is 17.6 Å². The van der Waals surface area contributed by atoms with Crippen molar-refractivity contribution in [2.45, 2.75) is 52.2 Å². The maximum absolute atomic E-state index is 11.1. The van der Waals surface area contributed by atoms with Crippen LogP contribution in [0.3, 0.4) is 0 Å². The molecule has 78 valence electrons. The predicted molar refractivity (Wildman–Crippen MR) is 51.9 cm³/mol. The third-order valence-corrected chi connectivity index (χ3v) is 2.11. The van der Waals surface area contributed by atoms with E-state index < -0.39 is 0 Å². The van der Waals surface area contributed by atoms with E-state index in [9.17, 15) is 4.79 Å². The van der Waals surface area contributed by atoms with Crippen molar-refractivity contribution in [3.8, 4) is 0 Å². The van der Waals surface area contributed by atoms with E-state index in [1.807, 2.05) is 20.8 Å². The van der Waals surface area contributed by atoms with E-state index in [2.05, 4.69) is 5.43 Å². The molecule has 3 N–H and O–H groups in total. The molecule has 0 aromatic rings. The zero-order chi connectivity index (χ0) is 10.5. The quantitative estimate of drug-likeness (QED) is 0.383. The molecule has 0 saturated heterocycles. The summed E-state index contributed by atoms with van der Waals surface area (Å²) < 4.78 is 5.22. The van der Waals surface area contributed by atoms with Gasteiger partial charge >= 0.3 is 5.97 Å². The maximum Gasteiger partial charge on any atom is 0.305 e. The number of nitrogens with one attached hydrogen (secondary N) is 1. The summed E-state index contributed by atoms with van der Waals surface area (Å²) in [7, 11) is 0. The second-order valence-corrected chi connectivity index (χ2v) is 3.61. The molecule has 13 heavy (non-hydrogen) atoms. The van der Waals surface area contributed by atoms with Crippen LogP contribution in [0, 0.1) is 0 Å². The third kappa shape index (κ3) is 3.74. The monoisotopic (exact) mass is 188 g/mol. The van der Waals surface area contributed by atoms with E-state index in [1.54, 1.807) is 6.92 Å². The topological polar surface area (TPSA) is 64.3 Å². The first-order valence-corrected chi connectivity index (χ1v) is 4.65. The van der Waals surface area contributed by atoms with Gasteiger partial charge in [-0.15, -0.1) is 0 Å². The standard InChI is InChI=1S/C9H20N2O2/c1-5-7(9(3,4)11-10)13-8(12)6-2/h7,11H,5-6,10H2,1-4H3. The Hall–Kier alpha value is -0.610. The van der Waals surface area contributed by atoms with E-state index in [1.165, 1.54) is 0 Å². The number of ether oxygens (including phenoxy) is 1. The molecule has 0 radical (unpaired) electrons. The van der Waals surface area contributed by atoms with Crippen LogP contribution in [0.1, 0.15) is 40.5 Å². The Kier molecular flexibility index (Phi) is 4.95. The number of hydrogen-bond acceptors (Lipinski definition) is 4. The molecule has 0 bridgehead atoms. The second-order valence-electron chi connectivity index (χ2n) is 3.61. The molecule has 0 rings (SSSR count). The summed E-state index contributed by atoms with van der Waals surface area (Å²) in [5.74, 6) is 5.17. The third-order valence-electron chi connectivity index (χ3n) is 2.11. The van der Waals surface area contributed by atoms with Gasteiger partial charge in [-0.2, -0.15) is 0 Å². The summed E-state index contributed by atoms with van der Waals surface area (Å²) >= 11 is 0. The highest BCUT2D eigenvalue weighted by Crippen LogP contribution is 2.15. The average molecular weight is 188 g/mol. The first kappa shape index (κ1) is 12.4. The molecule has 4 nitrogen and oxygen atoms in total. The number of carbonyl (C=O) groups excluding carboxylic acids is 1. The molecule has 0 saturated carbocycles. The van der Waals surface area contributed by atoms with Crippen molar-refractivity contribution in [2.24, 2.45) is 5.84 Å². The van der Waals surface area contributed by atoms with Crippen LogP contribution in [0.2, 0.25) is 0 Å². The Labute approximate surface area is 79.8 Å². The highest BCUT2D eigenvalue weighted by molar-refractivity contribution is 5.69. The summed E-state index contributed by atoms with van der Waals surface area (Å²) in [5, 5.41) is 0. The Morgan fingerprint density at radius 3 is 2.38 bits per heavy atom. The molecule has 0 heterocycles. The van der Waals surface area contributed by atoms with E-state index in [-0.39, 0.29) is 17.6 Å². The number of nitrogens with two attached hydrogens (primary N) is 1. The van der Waals surface area contributed by atoms with Gasteiger partial charge in [0.2, 0.25) is 0 Å². The van der Waals surface area contributed by atoms with Crippen molar-refractivity contribution in [1.82, 2.24) is 5.43 Å². The van der Waals surface area contributed by atoms with Gasteiger partial charge in [0.15, 0.2) is 0 Å². The van der Waals surface area contributed by atoms with Crippen LogP contribution in [0.5, 0.6) is 0 Å². The molecule has 4 heteroatoms. The van der Waals surface area contributed by atoms with Crippen molar-refractivity contribution in [3.63, 3.8) is 0 Å². The minimum Gasteiger partial charge on any atom is -0.460 e. The van der Waals surface area contributed by atoms with Gasteiger partial charge in [-0.3, -0.25) is 16.1 Å². The molecule has 0 aromatic heterocycles. The molecule has 0 spiro atoms. The van der Waals surface area contributed by atoms with Gasteiger partial charge in [-0.05, 0) is 20.3 Å². The van der Waals surface area contributed by atoms with Crippen molar-refractivity contribution in [3.05, 3.63) is 0 Å². The smallest absolute Gasteiger partial charge is 0.305 e. The van der Waals surface area contributed by atoms with Crippen LogP contribution < -0.4 is 11.3 Å². The lowest BCUT2D eigenvalue weighted by Gasteiger charge is -2.32.